The fraction of sp³-hybridized carbons (Fsp3) is 0.381. The van der Waals surface area contributed by atoms with Crippen molar-refractivity contribution in [3.8, 4) is 0 Å². The van der Waals surface area contributed by atoms with E-state index in [-0.39, 0.29) is 28.4 Å². The third kappa shape index (κ3) is 4.63. The summed E-state index contributed by atoms with van der Waals surface area (Å²) in [6.45, 7) is 1.54. The number of rotatable bonds is 4. The van der Waals surface area contributed by atoms with Gasteiger partial charge in [0.15, 0.2) is 11.8 Å². The number of aryl methyl sites for hydroxylation is 1. The SMILES string of the molecule is Cc1cc(C2=NOC(c3cc(Cl)cc(C(F)(F)F)c3F)C2)[n+](O)cc1C(=O)NC1CC(F)(F)C1. The number of oxime groups is 1. The first-order valence-electron chi connectivity index (χ1n) is 9.98. The molecule has 0 bridgehead atoms. The van der Waals surface area contributed by atoms with E-state index in [2.05, 4.69) is 10.5 Å². The van der Waals surface area contributed by atoms with Gasteiger partial charge in [0.2, 0.25) is 6.20 Å². The second-order valence-electron chi connectivity index (χ2n) is 8.22. The smallest absolute Gasteiger partial charge is 0.387 e. The average Bonchev–Trinajstić information content (AvgIpc) is 3.18. The lowest BCUT2D eigenvalue weighted by Gasteiger charge is -2.35. The molecule has 0 spiro atoms. The number of nitrogens with one attached hydrogen (secondary N) is 1. The lowest BCUT2D eigenvalue weighted by Crippen LogP contribution is -2.51. The molecule has 13 heteroatoms. The Balaban J connectivity index is 1.53. The predicted octanol–water partition coefficient (Wildman–Crippen LogP) is 4.72. The van der Waals surface area contributed by atoms with E-state index in [4.69, 9.17) is 16.4 Å². The molecule has 0 saturated heterocycles. The van der Waals surface area contributed by atoms with Crippen LogP contribution in [-0.4, -0.2) is 28.8 Å². The minimum absolute atomic E-state index is 0.0215. The van der Waals surface area contributed by atoms with Crippen molar-refractivity contribution in [2.75, 3.05) is 0 Å². The molecule has 182 valence electrons. The van der Waals surface area contributed by atoms with Gasteiger partial charge in [-0.25, -0.2) is 13.2 Å². The number of halogens is 7. The van der Waals surface area contributed by atoms with Gasteiger partial charge in [0, 0.05) is 46.7 Å². The van der Waals surface area contributed by atoms with Crippen molar-refractivity contribution in [2.45, 2.75) is 50.4 Å². The summed E-state index contributed by atoms with van der Waals surface area (Å²) in [6.07, 6.45) is -6.30. The first-order valence-corrected chi connectivity index (χ1v) is 10.4. The quantitative estimate of drug-likeness (QED) is 0.356. The summed E-state index contributed by atoms with van der Waals surface area (Å²) in [5.41, 5.74) is -1.48. The van der Waals surface area contributed by atoms with Gasteiger partial charge in [-0.05, 0) is 24.6 Å². The molecule has 2 aromatic rings. The normalized spacial score (nSPS) is 19.9. The highest BCUT2D eigenvalue weighted by atomic mass is 35.5. The van der Waals surface area contributed by atoms with Crippen molar-refractivity contribution in [1.29, 1.82) is 0 Å². The van der Waals surface area contributed by atoms with Gasteiger partial charge in [0.05, 0.1) is 5.56 Å². The van der Waals surface area contributed by atoms with E-state index < -0.39 is 59.9 Å². The van der Waals surface area contributed by atoms with Crippen LogP contribution in [0.2, 0.25) is 5.02 Å². The number of nitrogens with zero attached hydrogens (tertiary/aromatic N) is 2. The van der Waals surface area contributed by atoms with Crippen molar-refractivity contribution in [1.82, 2.24) is 5.32 Å². The molecule has 1 aromatic carbocycles. The van der Waals surface area contributed by atoms with Crippen molar-refractivity contribution in [3.63, 3.8) is 0 Å². The van der Waals surface area contributed by atoms with E-state index in [0.717, 1.165) is 12.3 Å². The van der Waals surface area contributed by atoms with Crippen molar-refractivity contribution in [3.05, 3.63) is 63.2 Å². The first-order chi connectivity index (χ1) is 15.7. The lowest BCUT2D eigenvalue weighted by atomic mass is 9.88. The number of alkyl halides is 5. The van der Waals surface area contributed by atoms with Gasteiger partial charge >= 0.3 is 6.18 Å². The van der Waals surface area contributed by atoms with E-state index in [0.29, 0.717) is 16.4 Å². The number of benzene rings is 1. The van der Waals surface area contributed by atoms with Crippen molar-refractivity contribution < 1.29 is 45.9 Å². The Bertz CT molecular complexity index is 1190. The molecule has 1 saturated carbocycles. The molecule has 2 N–H and O–H groups in total. The number of carbonyl (C=O) groups excluding carboxylic acids is 1. The number of pyridine rings is 1. The van der Waals surface area contributed by atoms with E-state index in [1.807, 2.05) is 0 Å². The number of hydrogen-bond donors (Lipinski definition) is 2. The van der Waals surface area contributed by atoms with Gasteiger partial charge in [-0.15, -0.1) is 0 Å². The van der Waals surface area contributed by atoms with Gasteiger partial charge in [-0.3, -0.25) is 10.0 Å². The van der Waals surface area contributed by atoms with Crippen LogP contribution >= 0.6 is 11.6 Å². The third-order valence-electron chi connectivity index (χ3n) is 5.63. The highest BCUT2D eigenvalue weighted by Crippen LogP contribution is 2.40. The van der Waals surface area contributed by atoms with Crippen LogP contribution < -0.4 is 10.0 Å². The molecule has 4 rings (SSSR count). The van der Waals surface area contributed by atoms with E-state index in [1.165, 1.54) is 13.0 Å². The topological polar surface area (TPSA) is 74.8 Å². The highest BCUT2D eigenvalue weighted by Gasteiger charge is 2.46. The Hall–Kier alpha value is -3.02. The molecule has 34 heavy (non-hydrogen) atoms. The predicted molar refractivity (Wildman–Crippen MR) is 105 cm³/mol. The average molecular weight is 509 g/mol. The van der Waals surface area contributed by atoms with Crippen molar-refractivity contribution >= 4 is 23.2 Å². The zero-order valence-corrected chi connectivity index (χ0v) is 18.1. The molecule has 1 atom stereocenters. The van der Waals surface area contributed by atoms with E-state index in [1.54, 1.807) is 0 Å². The molecule has 1 amide bonds. The van der Waals surface area contributed by atoms with Crippen LogP contribution in [-0.2, 0) is 11.0 Å². The summed E-state index contributed by atoms with van der Waals surface area (Å²) in [5.74, 6) is -5.01. The molecule has 1 unspecified atom stereocenters. The van der Waals surface area contributed by atoms with Crippen LogP contribution in [0.15, 0.2) is 29.6 Å². The Labute approximate surface area is 193 Å². The second-order valence-corrected chi connectivity index (χ2v) is 8.66. The molecular weight excluding hydrogens is 492 g/mol. The second kappa shape index (κ2) is 8.33. The molecule has 1 aliphatic heterocycles. The Kier molecular flexibility index (Phi) is 5.91. The fourth-order valence-electron chi connectivity index (χ4n) is 3.87. The van der Waals surface area contributed by atoms with Gasteiger partial charge in [-0.2, -0.15) is 13.2 Å². The minimum atomic E-state index is -4.97. The van der Waals surface area contributed by atoms with Gasteiger partial charge in [0.1, 0.15) is 11.4 Å². The van der Waals surface area contributed by atoms with Crippen LogP contribution in [0.3, 0.4) is 0 Å². The maximum atomic E-state index is 14.5. The Morgan fingerprint density at radius 3 is 2.59 bits per heavy atom. The van der Waals surface area contributed by atoms with E-state index in [9.17, 15) is 36.3 Å². The van der Waals surface area contributed by atoms with Crippen LogP contribution in [0.1, 0.15) is 58.1 Å². The third-order valence-corrected chi connectivity index (χ3v) is 5.85. The van der Waals surface area contributed by atoms with Crippen LogP contribution in [0.4, 0.5) is 26.3 Å². The molecule has 1 aromatic heterocycles. The van der Waals surface area contributed by atoms with E-state index >= 15 is 0 Å². The minimum Gasteiger partial charge on any atom is -0.387 e. The van der Waals surface area contributed by atoms with Crippen LogP contribution in [0, 0.1) is 12.7 Å². The first kappa shape index (κ1) is 24.1. The standard InChI is InChI=1S/C21H16ClF6N3O3/c1-9-2-16(31(33)8-13(9)19(32)29-11-6-20(24,25)7-11)15-5-17(34-30-15)12-3-10(22)4-14(18(12)23)21(26,27)28/h2-4,8,11,17H,5-7H2,1H3,(H-,29,30,32,33)/p+1. The summed E-state index contributed by atoms with van der Waals surface area (Å²) in [5, 5.41) is 16.2. The maximum Gasteiger partial charge on any atom is 0.419 e. The number of aromatic nitrogens is 1. The summed E-state index contributed by atoms with van der Waals surface area (Å²) in [4.78, 5) is 17.5. The number of amides is 1. The van der Waals surface area contributed by atoms with Crippen LogP contribution in [0.25, 0.3) is 0 Å². The monoisotopic (exact) mass is 508 g/mol. The van der Waals surface area contributed by atoms with Gasteiger partial charge in [0.25, 0.3) is 17.5 Å². The summed E-state index contributed by atoms with van der Waals surface area (Å²) in [6, 6.07) is 2.16. The van der Waals surface area contributed by atoms with Gasteiger partial charge < -0.3 is 10.2 Å². The summed E-state index contributed by atoms with van der Waals surface area (Å²) in [7, 11) is 0. The van der Waals surface area contributed by atoms with Crippen molar-refractivity contribution in [2.24, 2.45) is 5.16 Å². The Morgan fingerprint density at radius 1 is 1.29 bits per heavy atom. The highest BCUT2D eigenvalue weighted by molar-refractivity contribution is 6.30. The molecule has 6 nitrogen and oxygen atoms in total. The molecule has 1 fully saturated rings. The van der Waals surface area contributed by atoms with Gasteiger partial charge in [-0.1, -0.05) is 16.8 Å². The fourth-order valence-corrected chi connectivity index (χ4v) is 4.10. The molecule has 0 radical (unpaired) electrons. The molecule has 2 aliphatic rings. The van der Waals surface area contributed by atoms with Crippen LogP contribution in [0.5, 0.6) is 0 Å². The number of hydrogen-bond acceptors (Lipinski definition) is 4. The molecule has 1 aliphatic carbocycles. The lowest BCUT2D eigenvalue weighted by molar-refractivity contribution is -0.905. The summed E-state index contributed by atoms with van der Waals surface area (Å²) >= 11 is 5.74. The maximum absolute atomic E-state index is 14.5. The molecule has 2 heterocycles. The number of carbonyl (C=O) groups is 1. The largest absolute Gasteiger partial charge is 0.419 e. The molecular formula is C21H17ClF6N3O3+. The summed E-state index contributed by atoms with van der Waals surface area (Å²) < 4.78 is 80.4. The zero-order valence-electron chi connectivity index (χ0n) is 17.4. The Morgan fingerprint density at radius 2 is 1.97 bits per heavy atom. The zero-order chi connectivity index (χ0) is 25.0.